The second-order valence-electron chi connectivity index (χ2n) is 9.32. The number of hydrogen-bond acceptors (Lipinski definition) is 6. The molecule has 0 aliphatic carbocycles. The van der Waals surface area contributed by atoms with Crippen molar-refractivity contribution >= 4 is 5.78 Å². The fourth-order valence-corrected chi connectivity index (χ4v) is 4.89. The molecule has 0 saturated carbocycles. The average molecular weight is 500 g/mol. The number of ketones is 1. The number of rotatable bonds is 8. The van der Waals surface area contributed by atoms with Crippen LogP contribution < -0.4 is 11.1 Å². The second-order valence-corrected chi connectivity index (χ2v) is 9.32. The molecule has 0 fully saturated rings. The van der Waals surface area contributed by atoms with Crippen LogP contribution in [0.2, 0.25) is 0 Å². The number of hydrogen-bond donors (Lipinski definition) is 3. The van der Waals surface area contributed by atoms with E-state index in [-0.39, 0.29) is 12.4 Å². The lowest BCUT2D eigenvalue weighted by Crippen LogP contribution is -2.36. The maximum Gasteiger partial charge on any atom is 0.203 e. The molecule has 5 rings (SSSR count). The molecule has 8 heteroatoms. The van der Waals surface area contributed by atoms with E-state index in [1.54, 1.807) is 17.0 Å². The maximum absolute atomic E-state index is 15.6. The number of benzene rings is 3. The summed E-state index contributed by atoms with van der Waals surface area (Å²) >= 11 is 0. The minimum atomic E-state index is -0.819. The molecule has 4 N–H and O–H groups in total. The molecule has 2 heterocycles. The molecule has 0 radical (unpaired) electrons. The van der Waals surface area contributed by atoms with Crippen LogP contribution in [0.25, 0.3) is 16.8 Å². The predicted octanol–water partition coefficient (Wildman–Crippen LogP) is 3.59. The van der Waals surface area contributed by atoms with Gasteiger partial charge in [-0.15, -0.1) is 0 Å². The first-order valence-electron chi connectivity index (χ1n) is 12.3. The number of halogens is 1. The molecule has 1 atom stereocenters. The summed E-state index contributed by atoms with van der Waals surface area (Å²) < 4.78 is 17.3. The zero-order valence-corrected chi connectivity index (χ0v) is 20.7. The Bertz CT molecular complexity index is 1430. The molecule has 0 saturated heterocycles. The van der Waals surface area contributed by atoms with Crippen molar-refractivity contribution in [2.45, 2.75) is 25.7 Å². The summed E-state index contributed by atoms with van der Waals surface area (Å²) in [5.74, 6) is -0.670. The minimum Gasteiger partial charge on any atom is -0.395 e. The number of imidazole rings is 1. The fourth-order valence-electron chi connectivity index (χ4n) is 4.89. The summed E-state index contributed by atoms with van der Waals surface area (Å²) in [6.07, 6.45) is 1.63. The Morgan fingerprint density at radius 3 is 2.78 bits per heavy atom. The summed E-state index contributed by atoms with van der Waals surface area (Å²) in [6, 6.07) is 19.7. The monoisotopic (exact) mass is 499 g/mol. The van der Waals surface area contributed by atoms with Gasteiger partial charge < -0.3 is 10.8 Å². The highest BCUT2D eigenvalue weighted by molar-refractivity contribution is 6.01. The quantitative estimate of drug-likeness (QED) is 0.343. The topological polar surface area (TPSA) is 96.4 Å². The first-order valence-corrected chi connectivity index (χ1v) is 12.3. The number of nitrogens with two attached hydrogens (primary N) is 1. The van der Waals surface area contributed by atoms with Crippen LogP contribution in [0.1, 0.15) is 38.9 Å². The van der Waals surface area contributed by atoms with Crippen molar-refractivity contribution in [1.82, 2.24) is 19.8 Å². The fraction of sp³-hybridized carbons (Fsp3) is 0.241. The number of aliphatic hydroxyl groups is 1. The Morgan fingerprint density at radius 1 is 1.16 bits per heavy atom. The molecular weight excluding hydrogens is 469 g/mol. The van der Waals surface area contributed by atoms with Crippen LogP contribution in [-0.2, 0) is 19.6 Å². The largest absolute Gasteiger partial charge is 0.395 e. The number of Topliss-reactive ketones (excluding diaryl/α,β-unsaturated/α-hetero) is 1. The van der Waals surface area contributed by atoms with Gasteiger partial charge in [-0.2, -0.15) is 0 Å². The van der Waals surface area contributed by atoms with E-state index in [1.165, 1.54) is 6.07 Å². The molecule has 1 aromatic heterocycles. The second kappa shape index (κ2) is 10.7. The minimum absolute atomic E-state index is 0.0729. The number of carbonyl (C=O) groups is 1. The van der Waals surface area contributed by atoms with Crippen LogP contribution in [0.15, 0.2) is 73.1 Å². The lowest BCUT2D eigenvalue weighted by Gasteiger charge is -2.24. The van der Waals surface area contributed by atoms with Crippen molar-refractivity contribution in [3.63, 3.8) is 0 Å². The lowest BCUT2D eigenvalue weighted by molar-refractivity contribution is 0.0920. The van der Waals surface area contributed by atoms with Gasteiger partial charge in [-0.05, 0) is 47.5 Å². The van der Waals surface area contributed by atoms with E-state index in [4.69, 9.17) is 5.73 Å². The van der Waals surface area contributed by atoms with Gasteiger partial charge >= 0.3 is 0 Å². The van der Waals surface area contributed by atoms with Crippen molar-refractivity contribution in [3.05, 3.63) is 107 Å². The van der Waals surface area contributed by atoms with Gasteiger partial charge in [-0.1, -0.05) is 48.5 Å². The molecular formula is C29H30FN5O2. The van der Waals surface area contributed by atoms with E-state index in [0.29, 0.717) is 43.1 Å². The van der Waals surface area contributed by atoms with Gasteiger partial charge in [-0.3, -0.25) is 19.6 Å². The van der Waals surface area contributed by atoms with Gasteiger partial charge in [0.25, 0.3) is 0 Å². The molecule has 0 bridgehead atoms. The third-order valence-electron chi connectivity index (χ3n) is 6.80. The van der Waals surface area contributed by atoms with Gasteiger partial charge in [-0.25, -0.2) is 9.37 Å². The molecule has 190 valence electrons. The molecule has 1 aliphatic heterocycles. The summed E-state index contributed by atoms with van der Waals surface area (Å²) in [4.78, 5) is 20.1. The normalized spacial score (nSPS) is 15.3. The van der Waals surface area contributed by atoms with Crippen molar-refractivity contribution in [2.75, 3.05) is 20.2 Å². The molecule has 0 amide bonds. The molecule has 1 aliphatic rings. The number of likely N-dealkylation sites (N-methyl/N-ethyl adjacent to an activating group) is 1. The highest BCUT2D eigenvalue weighted by atomic mass is 19.1. The number of nitrogens with one attached hydrogen (secondary N) is 1. The number of fused-ring (bicyclic) bond motifs is 1. The maximum atomic E-state index is 15.6. The van der Waals surface area contributed by atoms with E-state index in [0.717, 1.165) is 27.9 Å². The van der Waals surface area contributed by atoms with Crippen LogP contribution in [0, 0.1) is 5.82 Å². The van der Waals surface area contributed by atoms with Crippen LogP contribution in [-0.4, -0.2) is 45.5 Å². The Kier molecular flexibility index (Phi) is 7.25. The van der Waals surface area contributed by atoms with Crippen LogP contribution in [0.4, 0.5) is 4.39 Å². The Morgan fingerprint density at radius 2 is 2.00 bits per heavy atom. The zero-order valence-electron chi connectivity index (χ0n) is 20.7. The van der Waals surface area contributed by atoms with Crippen LogP contribution in [0.3, 0.4) is 0 Å². The third-order valence-corrected chi connectivity index (χ3v) is 6.80. The smallest absolute Gasteiger partial charge is 0.203 e. The number of carbonyl (C=O) groups excluding carboxylic acids is 1. The van der Waals surface area contributed by atoms with Crippen LogP contribution >= 0.6 is 0 Å². The zero-order chi connectivity index (χ0) is 25.9. The van der Waals surface area contributed by atoms with Crippen molar-refractivity contribution in [2.24, 2.45) is 5.73 Å². The van der Waals surface area contributed by atoms with E-state index < -0.39 is 11.9 Å². The molecule has 37 heavy (non-hydrogen) atoms. The molecule has 1 unspecified atom stereocenters. The molecule has 7 nitrogen and oxygen atoms in total. The Balaban J connectivity index is 1.45. The molecule has 3 aromatic carbocycles. The number of aliphatic hydroxyl groups excluding tert-OH is 1. The summed E-state index contributed by atoms with van der Waals surface area (Å²) in [5, 5.41) is 12.4. The molecule has 4 aromatic rings. The highest BCUT2D eigenvalue weighted by Gasteiger charge is 2.34. The van der Waals surface area contributed by atoms with Crippen molar-refractivity contribution in [1.29, 1.82) is 0 Å². The lowest BCUT2D eigenvalue weighted by atomic mass is 9.92. The standard InChI is InChI=1S/C29H30FN5O2/c1-34(11-12-36)17-21-6-2-3-8-23(21)20-9-10-24(25(30)14-20)27-29(37)28-26(16-32-27)33-18-35(28)22-7-4-5-19(13-22)15-31/h2-10,13-14,18,27,32,36H,11-12,15-17,31H2,1H3. The highest BCUT2D eigenvalue weighted by Crippen LogP contribution is 2.32. The van der Waals surface area contributed by atoms with E-state index >= 15 is 4.39 Å². The first-order chi connectivity index (χ1) is 18.0. The van der Waals surface area contributed by atoms with Gasteiger partial charge in [0, 0.05) is 37.4 Å². The first kappa shape index (κ1) is 25.0. The third kappa shape index (κ3) is 4.97. The van der Waals surface area contributed by atoms with Crippen molar-refractivity contribution in [3.8, 4) is 16.8 Å². The van der Waals surface area contributed by atoms with Crippen molar-refractivity contribution < 1.29 is 14.3 Å². The van der Waals surface area contributed by atoms with Gasteiger partial charge in [0.2, 0.25) is 5.78 Å². The van der Waals surface area contributed by atoms with Crippen LogP contribution in [0.5, 0.6) is 0 Å². The van der Waals surface area contributed by atoms with E-state index in [1.807, 2.05) is 66.5 Å². The predicted molar refractivity (Wildman–Crippen MR) is 141 cm³/mol. The average Bonchev–Trinajstić information content (AvgIpc) is 3.35. The Labute approximate surface area is 215 Å². The Hall–Kier alpha value is -3.69. The van der Waals surface area contributed by atoms with Gasteiger partial charge in [0.1, 0.15) is 23.9 Å². The van der Waals surface area contributed by atoms with Gasteiger partial charge in [0.15, 0.2) is 0 Å². The summed E-state index contributed by atoms with van der Waals surface area (Å²) in [5.41, 5.74) is 11.6. The SMILES string of the molecule is CN(CCO)Cc1ccccc1-c1ccc(C2NCc3ncn(-c4cccc(CN)c4)c3C2=O)c(F)c1. The number of aromatic nitrogens is 2. The summed E-state index contributed by atoms with van der Waals surface area (Å²) in [6.45, 7) is 1.99. The van der Waals surface area contributed by atoms with Gasteiger partial charge in [0.05, 0.1) is 12.3 Å². The summed E-state index contributed by atoms with van der Waals surface area (Å²) in [7, 11) is 1.93. The molecule has 0 spiro atoms. The van der Waals surface area contributed by atoms with E-state index in [2.05, 4.69) is 10.3 Å². The van der Waals surface area contributed by atoms with E-state index in [9.17, 15) is 9.90 Å². The number of nitrogens with zero attached hydrogens (tertiary/aromatic N) is 3.